The molecular weight excluding hydrogens is 216 g/mol. The zero-order chi connectivity index (χ0) is 12.1. The summed E-state index contributed by atoms with van der Waals surface area (Å²) >= 11 is 0. The van der Waals surface area contributed by atoms with Crippen LogP contribution in [0.3, 0.4) is 0 Å². The van der Waals surface area contributed by atoms with Gasteiger partial charge in [-0.15, -0.1) is 0 Å². The summed E-state index contributed by atoms with van der Waals surface area (Å²) in [5.74, 6) is -0.0547. The van der Waals surface area contributed by atoms with Crippen LogP contribution < -0.4 is 0 Å². The highest BCUT2D eigenvalue weighted by molar-refractivity contribution is 5.95. The number of benzene rings is 1. The van der Waals surface area contributed by atoms with Gasteiger partial charge in [0.1, 0.15) is 12.3 Å². The fourth-order valence-corrected chi connectivity index (χ4v) is 1.56. The molecule has 17 heavy (non-hydrogen) atoms. The van der Waals surface area contributed by atoms with E-state index in [1.54, 1.807) is 24.0 Å². The maximum absolute atomic E-state index is 11.7. The third-order valence-corrected chi connectivity index (χ3v) is 2.45. The van der Waals surface area contributed by atoms with Gasteiger partial charge in [-0.2, -0.15) is 5.10 Å². The van der Waals surface area contributed by atoms with Crippen LogP contribution in [0.2, 0.25) is 0 Å². The average molecular weight is 230 g/mol. The molecule has 0 aliphatic rings. The summed E-state index contributed by atoms with van der Waals surface area (Å²) < 4.78 is 6.92. The topological polar surface area (TPSA) is 44.1 Å². The Hall–Kier alpha value is -1.94. The van der Waals surface area contributed by atoms with Gasteiger partial charge in [-0.05, 0) is 11.6 Å². The van der Waals surface area contributed by atoms with E-state index in [9.17, 15) is 4.79 Å². The molecule has 0 bridgehead atoms. The van der Waals surface area contributed by atoms with Crippen molar-refractivity contribution in [1.29, 1.82) is 0 Å². The van der Waals surface area contributed by atoms with Crippen LogP contribution in [0.4, 0.5) is 0 Å². The van der Waals surface area contributed by atoms with Crippen molar-refractivity contribution in [2.45, 2.75) is 6.61 Å². The molecule has 0 saturated carbocycles. The third kappa shape index (κ3) is 3.01. The maximum atomic E-state index is 11.7. The molecule has 1 heterocycles. The van der Waals surface area contributed by atoms with E-state index in [4.69, 9.17) is 4.74 Å². The summed E-state index contributed by atoms with van der Waals surface area (Å²) in [7, 11) is 1.74. The van der Waals surface area contributed by atoms with Gasteiger partial charge in [-0.25, -0.2) is 0 Å². The second kappa shape index (κ2) is 5.41. The average Bonchev–Trinajstić information content (AvgIpc) is 2.77. The maximum Gasteiger partial charge on any atom is 0.206 e. The number of nitrogens with zero attached hydrogens (tertiary/aromatic N) is 2. The first kappa shape index (κ1) is 11.5. The molecule has 0 saturated heterocycles. The SMILES string of the molecule is Cn1nccc1C(=O)COCc1ccccc1. The van der Waals surface area contributed by atoms with Crippen LogP contribution in [0.5, 0.6) is 0 Å². The van der Waals surface area contributed by atoms with E-state index >= 15 is 0 Å². The van der Waals surface area contributed by atoms with Gasteiger partial charge in [0.25, 0.3) is 0 Å². The van der Waals surface area contributed by atoms with Crippen LogP contribution in [0.1, 0.15) is 16.1 Å². The number of carbonyl (C=O) groups is 1. The van der Waals surface area contributed by atoms with E-state index in [-0.39, 0.29) is 12.4 Å². The molecule has 0 atom stereocenters. The standard InChI is InChI=1S/C13H14N2O2/c1-15-12(7-8-14-15)13(16)10-17-9-11-5-3-2-4-6-11/h2-8H,9-10H2,1H3. The first-order chi connectivity index (χ1) is 8.27. The summed E-state index contributed by atoms with van der Waals surface area (Å²) in [4.78, 5) is 11.7. The zero-order valence-corrected chi connectivity index (χ0v) is 9.67. The van der Waals surface area contributed by atoms with Gasteiger partial charge < -0.3 is 4.74 Å². The molecule has 88 valence electrons. The number of hydrogen-bond acceptors (Lipinski definition) is 3. The van der Waals surface area contributed by atoms with Gasteiger partial charge in [0, 0.05) is 13.2 Å². The van der Waals surface area contributed by atoms with Crippen molar-refractivity contribution in [1.82, 2.24) is 9.78 Å². The molecular formula is C13H14N2O2. The van der Waals surface area contributed by atoms with Crippen molar-refractivity contribution in [2.75, 3.05) is 6.61 Å². The largest absolute Gasteiger partial charge is 0.369 e. The van der Waals surface area contributed by atoms with Crippen LogP contribution in [0.15, 0.2) is 42.6 Å². The smallest absolute Gasteiger partial charge is 0.206 e. The van der Waals surface area contributed by atoms with Crippen molar-refractivity contribution < 1.29 is 9.53 Å². The highest BCUT2D eigenvalue weighted by atomic mass is 16.5. The number of ketones is 1. The van der Waals surface area contributed by atoms with Crippen LogP contribution in [-0.4, -0.2) is 22.2 Å². The van der Waals surface area contributed by atoms with Crippen molar-refractivity contribution in [3.63, 3.8) is 0 Å². The lowest BCUT2D eigenvalue weighted by Gasteiger charge is -2.04. The Balaban J connectivity index is 1.84. The molecule has 0 N–H and O–H groups in total. The number of ether oxygens (including phenoxy) is 1. The van der Waals surface area contributed by atoms with Crippen LogP contribution in [0.25, 0.3) is 0 Å². The molecule has 0 fully saturated rings. The second-order valence-electron chi connectivity index (χ2n) is 3.74. The highest BCUT2D eigenvalue weighted by Crippen LogP contribution is 2.03. The van der Waals surface area contributed by atoms with Gasteiger partial charge in [0.15, 0.2) is 0 Å². The molecule has 0 radical (unpaired) electrons. The second-order valence-corrected chi connectivity index (χ2v) is 3.74. The van der Waals surface area contributed by atoms with Gasteiger partial charge >= 0.3 is 0 Å². The van der Waals surface area contributed by atoms with Gasteiger partial charge in [0.2, 0.25) is 5.78 Å². The summed E-state index contributed by atoms with van der Waals surface area (Å²) in [6.45, 7) is 0.527. The van der Waals surface area contributed by atoms with Crippen molar-refractivity contribution in [3.05, 3.63) is 53.9 Å². The minimum absolute atomic E-state index is 0.0547. The van der Waals surface area contributed by atoms with E-state index in [1.165, 1.54) is 0 Å². The molecule has 1 aromatic heterocycles. The van der Waals surface area contributed by atoms with E-state index in [1.807, 2.05) is 30.3 Å². The van der Waals surface area contributed by atoms with Gasteiger partial charge in [0.05, 0.1) is 6.61 Å². The quantitative estimate of drug-likeness (QED) is 0.736. The number of hydrogen-bond donors (Lipinski definition) is 0. The fourth-order valence-electron chi connectivity index (χ4n) is 1.56. The van der Waals surface area contributed by atoms with E-state index in [2.05, 4.69) is 5.10 Å². The Bertz CT molecular complexity index is 491. The first-order valence-electron chi connectivity index (χ1n) is 5.40. The Morgan fingerprint density at radius 2 is 2.06 bits per heavy atom. The van der Waals surface area contributed by atoms with Crippen LogP contribution >= 0.6 is 0 Å². The Morgan fingerprint density at radius 1 is 1.29 bits per heavy atom. The first-order valence-corrected chi connectivity index (χ1v) is 5.40. The molecule has 0 amide bonds. The number of aryl methyl sites for hydroxylation is 1. The minimum Gasteiger partial charge on any atom is -0.369 e. The van der Waals surface area contributed by atoms with Gasteiger partial charge in [-0.3, -0.25) is 9.48 Å². The lowest BCUT2D eigenvalue weighted by atomic mass is 10.2. The number of Topliss-reactive ketones (excluding diaryl/α,β-unsaturated/α-hetero) is 1. The van der Waals surface area contributed by atoms with Crippen LogP contribution in [-0.2, 0) is 18.4 Å². The summed E-state index contributed by atoms with van der Waals surface area (Å²) in [6, 6.07) is 11.5. The summed E-state index contributed by atoms with van der Waals surface area (Å²) in [6.07, 6.45) is 1.60. The minimum atomic E-state index is -0.0547. The molecule has 4 nitrogen and oxygen atoms in total. The predicted octanol–water partition coefficient (Wildman–Crippen LogP) is 1.82. The molecule has 2 aromatic rings. The lowest BCUT2D eigenvalue weighted by Crippen LogP contribution is -2.13. The fraction of sp³-hybridized carbons (Fsp3) is 0.231. The Morgan fingerprint density at radius 3 is 2.71 bits per heavy atom. The number of carbonyl (C=O) groups excluding carboxylic acids is 1. The highest BCUT2D eigenvalue weighted by Gasteiger charge is 2.09. The zero-order valence-electron chi connectivity index (χ0n) is 9.67. The Labute approximate surface area is 99.8 Å². The third-order valence-electron chi connectivity index (χ3n) is 2.45. The molecule has 1 aromatic carbocycles. The summed E-state index contributed by atoms with van der Waals surface area (Å²) in [5.41, 5.74) is 1.63. The van der Waals surface area contributed by atoms with E-state index in [0.717, 1.165) is 5.56 Å². The van der Waals surface area contributed by atoms with Crippen molar-refractivity contribution in [3.8, 4) is 0 Å². The van der Waals surface area contributed by atoms with Crippen molar-refractivity contribution in [2.24, 2.45) is 7.05 Å². The lowest BCUT2D eigenvalue weighted by molar-refractivity contribution is 0.0717. The molecule has 0 unspecified atom stereocenters. The monoisotopic (exact) mass is 230 g/mol. The molecule has 4 heteroatoms. The molecule has 2 rings (SSSR count). The van der Waals surface area contributed by atoms with E-state index in [0.29, 0.717) is 12.3 Å². The molecule has 0 aliphatic carbocycles. The van der Waals surface area contributed by atoms with E-state index < -0.39 is 0 Å². The predicted molar refractivity (Wildman–Crippen MR) is 63.6 cm³/mol. The molecule has 0 aliphatic heterocycles. The van der Waals surface area contributed by atoms with Crippen molar-refractivity contribution >= 4 is 5.78 Å². The number of aromatic nitrogens is 2. The number of rotatable bonds is 5. The van der Waals surface area contributed by atoms with Crippen LogP contribution in [0, 0.1) is 0 Å². The normalized spacial score (nSPS) is 10.4. The summed E-state index contributed by atoms with van der Waals surface area (Å²) in [5, 5.41) is 3.94. The molecule has 0 spiro atoms. The van der Waals surface area contributed by atoms with Gasteiger partial charge in [-0.1, -0.05) is 30.3 Å². The Kier molecular flexibility index (Phi) is 3.67.